The van der Waals surface area contributed by atoms with Crippen LogP contribution in [0, 0.1) is 11.7 Å². The van der Waals surface area contributed by atoms with E-state index < -0.39 is 0 Å². The summed E-state index contributed by atoms with van der Waals surface area (Å²) in [6.45, 7) is 7.74. The molecule has 1 heterocycles. The first-order valence-corrected chi connectivity index (χ1v) is 7.42. The minimum Gasteiger partial charge on any atom is -0.380 e. The van der Waals surface area contributed by atoms with Crippen LogP contribution in [0.3, 0.4) is 0 Å². The molecule has 1 aromatic rings. The SMILES string of the molecule is CCN1CCC(C(C)Nc2cc(Cl)ccc2F)CC1. The van der Waals surface area contributed by atoms with Crippen LogP contribution in [0.25, 0.3) is 0 Å². The van der Waals surface area contributed by atoms with E-state index in [-0.39, 0.29) is 11.9 Å². The molecule has 0 saturated carbocycles. The van der Waals surface area contributed by atoms with Crippen LogP contribution in [0.2, 0.25) is 5.02 Å². The lowest BCUT2D eigenvalue weighted by atomic mass is 9.90. The van der Waals surface area contributed by atoms with E-state index in [2.05, 4.69) is 24.1 Å². The molecule has 4 heteroatoms. The van der Waals surface area contributed by atoms with E-state index in [1.54, 1.807) is 12.1 Å². The second-order valence-electron chi connectivity index (χ2n) is 5.33. The van der Waals surface area contributed by atoms with Crippen LogP contribution < -0.4 is 5.32 Å². The molecule has 1 aliphatic rings. The van der Waals surface area contributed by atoms with E-state index in [0.29, 0.717) is 16.6 Å². The Hall–Kier alpha value is -0.800. The molecule has 1 N–H and O–H groups in total. The molecule has 0 aliphatic carbocycles. The Morgan fingerprint density at radius 2 is 2.11 bits per heavy atom. The van der Waals surface area contributed by atoms with Crippen molar-refractivity contribution >= 4 is 17.3 Å². The topological polar surface area (TPSA) is 15.3 Å². The predicted octanol–water partition coefficient (Wildman–Crippen LogP) is 4.01. The van der Waals surface area contributed by atoms with Gasteiger partial charge >= 0.3 is 0 Å². The molecule has 1 fully saturated rings. The number of halogens is 2. The van der Waals surface area contributed by atoms with E-state index in [1.165, 1.54) is 18.9 Å². The monoisotopic (exact) mass is 284 g/mol. The average molecular weight is 285 g/mol. The lowest BCUT2D eigenvalue weighted by molar-refractivity contribution is 0.183. The quantitative estimate of drug-likeness (QED) is 0.899. The predicted molar refractivity (Wildman–Crippen MR) is 79.3 cm³/mol. The molecule has 2 nitrogen and oxygen atoms in total. The van der Waals surface area contributed by atoms with Crippen molar-refractivity contribution in [3.63, 3.8) is 0 Å². The van der Waals surface area contributed by atoms with Crippen molar-refractivity contribution in [3.8, 4) is 0 Å². The van der Waals surface area contributed by atoms with Crippen LogP contribution >= 0.6 is 11.6 Å². The molecule has 19 heavy (non-hydrogen) atoms. The summed E-state index contributed by atoms with van der Waals surface area (Å²) in [5.41, 5.74) is 0.512. The van der Waals surface area contributed by atoms with Gasteiger partial charge in [-0.25, -0.2) is 4.39 Å². The summed E-state index contributed by atoms with van der Waals surface area (Å²) >= 11 is 5.91. The third-order valence-corrected chi connectivity index (χ3v) is 4.33. The van der Waals surface area contributed by atoms with Crippen LogP contribution in [-0.2, 0) is 0 Å². The van der Waals surface area contributed by atoms with Gasteiger partial charge in [0.2, 0.25) is 0 Å². The van der Waals surface area contributed by atoms with Crippen molar-refractivity contribution in [2.75, 3.05) is 25.0 Å². The highest BCUT2D eigenvalue weighted by Crippen LogP contribution is 2.25. The Bertz CT molecular complexity index is 417. The molecule has 0 radical (unpaired) electrons. The van der Waals surface area contributed by atoms with Gasteiger partial charge in [-0.2, -0.15) is 0 Å². The van der Waals surface area contributed by atoms with Crippen LogP contribution in [0.5, 0.6) is 0 Å². The molecule has 0 bridgehead atoms. The molecule has 1 atom stereocenters. The Labute approximate surface area is 119 Å². The molecule has 1 aromatic carbocycles. The molecule has 1 aliphatic heterocycles. The van der Waals surface area contributed by atoms with Gasteiger partial charge in [0.1, 0.15) is 5.82 Å². The number of nitrogens with one attached hydrogen (secondary N) is 1. The third-order valence-electron chi connectivity index (χ3n) is 4.10. The molecule has 0 amide bonds. The molecule has 0 aromatic heterocycles. The zero-order valence-electron chi connectivity index (χ0n) is 11.6. The highest BCUT2D eigenvalue weighted by atomic mass is 35.5. The molecular formula is C15H22ClFN2. The summed E-state index contributed by atoms with van der Waals surface area (Å²) < 4.78 is 13.7. The van der Waals surface area contributed by atoms with Gasteiger partial charge in [0.15, 0.2) is 0 Å². The van der Waals surface area contributed by atoms with Crippen LogP contribution in [0.1, 0.15) is 26.7 Å². The van der Waals surface area contributed by atoms with Crippen molar-refractivity contribution in [1.29, 1.82) is 0 Å². The maximum atomic E-state index is 13.7. The van der Waals surface area contributed by atoms with Crippen molar-refractivity contribution in [2.45, 2.75) is 32.7 Å². The molecule has 2 rings (SSSR count). The van der Waals surface area contributed by atoms with Crippen molar-refractivity contribution in [2.24, 2.45) is 5.92 Å². The summed E-state index contributed by atoms with van der Waals surface area (Å²) in [6.07, 6.45) is 2.34. The van der Waals surface area contributed by atoms with Gasteiger partial charge in [-0.3, -0.25) is 0 Å². The standard InChI is InChI=1S/C15H22ClFN2/c1-3-19-8-6-12(7-9-19)11(2)18-15-10-13(16)4-5-14(15)17/h4-5,10-12,18H,3,6-9H2,1-2H3. The first-order chi connectivity index (χ1) is 9.10. The summed E-state index contributed by atoms with van der Waals surface area (Å²) in [7, 11) is 0. The van der Waals surface area contributed by atoms with Crippen LogP contribution in [-0.4, -0.2) is 30.6 Å². The van der Waals surface area contributed by atoms with E-state index in [1.807, 2.05) is 0 Å². The number of anilines is 1. The highest BCUT2D eigenvalue weighted by Gasteiger charge is 2.23. The number of likely N-dealkylation sites (tertiary alicyclic amines) is 1. The van der Waals surface area contributed by atoms with Crippen molar-refractivity contribution in [3.05, 3.63) is 29.0 Å². The number of rotatable bonds is 4. The zero-order chi connectivity index (χ0) is 13.8. The minimum absolute atomic E-state index is 0.234. The minimum atomic E-state index is -0.234. The second kappa shape index (κ2) is 6.58. The Morgan fingerprint density at radius 3 is 2.74 bits per heavy atom. The molecule has 0 spiro atoms. The molecule has 106 valence electrons. The molecular weight excluding hydrogens is 263 g/mol. The lowest BCUT2D eigenvalue weighted by Gasteiger charge is -2.34. The van der Waals surface area contributed by atoms with Gasteiger partial charge in [-0.05, 0) is 63.5 Å². The molecule has 1 unspecified atom stereocenters. The van der Waals surface area contributed by atoms with Gasteiger partial charge in [-0.15, -0.1) is 0 Å². The van der Waals surface area contributed by atoms with Gasteiger partial charge in [0.25, 0.3) is 0 Å². The van der Waals surface area contributed by atoms with Crippen molar-refractivity contribution in [1.82, 2.24) is 4.90 Å². The average Bonchev–Trinajstić information content (AvgIpc) is 2.43. The van der Waals surface area contributed by atoms with E-state index in [4.69, 9.17) is 11.6 Å². The van der Waals surface area contributed by atoms with E-state index in [9.17, 15) is 4.39 Å². The smallest absolute Gasteiger partial charge is 0.146 e. The number of benzene rings is 1. The number of hydrogen-bond donors (Lipinski definition) is 1. The van der Waals surface area contributed by atoms with Crippen LogP contribution in [0.15, 0.2) is 18.2 Å². The summed E-state index contributed by atoms with van der Waals surface area (Å²) in [5, 5.41) is 3.84. The van der Waals surface area contributed by atoms with E-state index >= 15 is 0 Å². The Kier molecular flexibility index (Phi) is 5.06. The Balaban J connectivity index is 1.94. The first kappa shape index (κ1) is 14.6. The summed E-state index contributed by atoms with van der Waals surface area (Å²) in [6, 6.07) is 4.92. The highest BCUT2D eigenvalue weighted by molar-refractivity contribution is 6.30. The number of piperidine rings is 1. The van der Waals surface area contributed by atoms with Crippen molar-refractivity contribution < 1.29 is 4.39 Å². The van der Waals surface area contributed by atoms with Gasteiger partial charge in [-0.1, -0.05) is 18.5 Å². The largest absolute Gasteiger partial charge is 0.380 e. The van der Waals surface area contributed by atoms with Gasteiger partial charge < -0.3 is 10.2 Å². The number of hydrogen-bond acceptors (Lipinski definition) is 2. The lowest BCUT2D eigenvalue weighted by Crippen LogP contribution is -2.39. The zero-order valence-corrected chi connectivity index (χ0v) is 12.4. The normalized spacial score (nSPS) is 19.4. The summed E-state index contributed by atoms with van der Waals surface area (Å²) in [4.78, 5) is 2.46. The molecule has 1 saturated heterocycles. The third kappa shape index (κ3) is 3.83. The first-order valence-electron chi connectivity index (χ1n) is 7.04. The van der Waals surface area contributed by atoms with E-state index in [0.717, 1.165) is 19.6 Å². The second-order valence-corrected chi connectivity index (χ2v) is 5.77. The maximum absolute atomic E-state index is 13.7. The summed E-state index contributed by atoms with van der Waals surface area (Å²) in [5.74, 6) is 0.364. The fourth-order valence-electron chi connectivity index (χ4n) is 2.74. The fourth-order valence-corrected chi connectivity index (χ4v) is 2.91. The van der Waals surface area contributed by atoms with Gasteiger partial charge in [0, 0.05) is 11.1 Å². The van der Waals surface area contributed by atoms with Gasteiger partial charge in [0.05, 0.1) is 5.69 Å². The Morgan fingerprint density at radius 1 is 1.42 bits per heavy atom. The maximum Gasteiger partial charge on any atom is 0.146 e. The fraction of sp³-hybridized carbons (Fsp3) is 0.600. The number of nitrogens with zero attached hydrogens (tertiary/aromatic N) is 1. The van der Waals surface area contributed by atoms with Crippen LogP contribution in [0.4, 0.5) is 10.1 Å².